The van der Waals surface area contributed by atoms with E-state index >= 15 is 0 Å². The minimum Gasteiger partial charge on any atom is -0.461 e. The van der Waals surface area contributed by atoms with Gasteiger partial charge in [0.15, 0.2) is 5.06 Å². The number of carbonyl (C=O) groups is 1. The van der Waals surface area contributed by atoms with Gasteiger partial charge in [-0.2, -0.15) is 0 Å². The van der Waals surface area contributed by atoms with Gasteiger partial charge in [-0.15, -0.1) is 0 Å². The minimum atomic E-state index is -5.09. The third kappa shape index (κ3) is 5.91. The van der Waals surface area contributed by atoms with Gasteiger partial charge in [-0.3, -0.25) is 13.9 Å². The van der Waals surface area contributed by atoms with E-state index in [1.165, 1.54) is 0 Å². The van der Waals surface area contributed by atoms with Gasteiger partial charge in [-0.05, 0) is 26.8 Å². The molecule has 18 heavy (non-hydrogen) atoms. The summed E-state index contributed by atoms with van der Waals surface area (Å²) in [6.07, 6.45) is 0.533. The van der Waals surface area contributed by atoms with Gasteiger partial charge in [-0.25, -0.2) is 0 Å². The first-order valence-corrected chi connectivity index (χ1v) is 7.98. The molecule has 0 unspecified atom stereocenters. The molecule has 0 atom stereocenters. The summed E-state index contributed by atoms with van der Waals surface area (Å²) in [6.45, 7) is 4.06. The summed E-state index contributed by atoms with van der Waals surface area (Å²) >= 11 is 0. The Morgan fingerprint density at radius 1 is 1.11 bits per heavy atom. The Hall–Kier alpha value is -0.490. The zero-order valence-corrected chi connectivity index (χ0v) is 11.9. The monoisotopic (exact) mass is 302 g/mol. The quantitative estimate of drug-likeness (QED) is 0.441. The van der Waals surface area contributed by atoms with Crippen molar-refractivity contribution in [3.8, 4) is 0 Å². The second kappa shape index (κ2) is 5.65. The molecule has 8 nitrogen and oxygen atoms in total. The fraction of sp³-hybridized carbons (Fsp3) is 0.625. The maximum absolute atomic E-state index is 11.3. The molecule has 0 fully saturated rings. The number of rotatable bonds is 4. The van der Waals surface area contributed by atoms with Crippen LogP contribution in [0.1, 0.15) is 20.8 Å². The Labute approximate surface area is 104 Å². The average molecular weight is 302 g/mol. The lowest BCUT2D eigenvalue weighted by Gasteiger charge is -2.16. The van der Waals surface area contributed by atoms with Gasteiger partial charge in [0.05, 0.1) is 5.41 Å². The fourth-order valence-electron chi connectivity index (χ4n) is 0.816. The highest BCUT2D eigenvalue weighted by Gasteiger charge is 2.36. The molecule has 0 radical (unpaired) electrons. The number of ether oxygens (including phenoxy) is 1. The van der Waals surface area contributed by atoms with Crippen LogP contribution in [-0.2, 0) is 18.7 Å². The molecule has 0 aliphatic heterocycles. The molecule has 0 heterocycles. The second-order valence-corrected chi connectivity index (χ2v) is 7.99. The molecule has 0 aromatic heterocycles. The predicted octanol–water partition coefficient (Wildman–Crippen LogP) is 0.772. The largest absolute Gasteiger partial charge is 0.461 e. The number of carbonyl (C=O) groups excluding carboxylic acids is 1. The lowest BCUT2D eigenvalue weighted by molar-refractivity contribution is -0.151. The normalized spacial score (nSPS) is 13.1. The van der Waals surface area contributed by atoms with Crippen LogP contribution in [0.15, 0.2) is 11.1 Å². The van der Waals surface area contributed by atoms with Crippen molar-refractivity contribution in [2.75, 3.05) is 6.61 Å². The van der Waals surface area contributed by atoms with Crippen LogP contribution in [0.2, 0.25) is 0 Å². The van der Waals surface area contributed by atoms with Crippen molar-refractivity contribution in [3.63, 3.8) is 0 Å². The summed E-state index contributed by atoms with van der Waals surface area (Å²) in [6, 6.07) is 0. The Kier molecular flexibility index (Phi) is 5.50. The van der Waals surface area contributed by atoms with Crippen molar-refractivity contribution in [3.05, 3.63) is 11.1 Å². The van der Waals surface area contributed by atoms with Crippen LogP contribution in [0, 0.1) is 5.41 Å². The molecule has 0 bridgehead atoms. The molecule has 0 spiro atoms. The highest BCUT2D eigenvalue weighted by Crippen LogP contribution is 2.63. The Morgan fingerprint density at radius 3 is 1.78 bits per heavy atom. The van der Waals surface area contributed by atoms with Gasteiger partial charge >= 0.3 is 21.2 Å². The van der Waals surface area contributed by atoms with Gasteiger partial charge in [-0.1, -0.05) is 0 Å². The van der Waals surface area contributed by atoms with Crippen molar-refractivity contribution < 1.29 is 38.2 Å². The first-order valence-electron chi connectivity index (χ1n) is 4.76. The van der Waals surface area contributed by atoms with E-state index in [0.29, 0.717) is 6.08 Å². The third-order valence-corrected chi connectivity index (χ3v) is 4.81. The minimum absolute atomic E-state index is 0.533. The van der Waals surface area contributed by atoms with Crippen LogP contribution in [0.4, 0.5) is 0 Å². The van der Waals surface area contributed by atoms with E-state index in [9.17, 15) is 13.9 Å². The van der Waals surface area contributed by atoms with Crippen LogP contribution in [0.5, 0.6) is 0 Å². The van der Waals surface area contributed by atoms with Crippen LogP contribution in [0.25, 0.3) is 0 Å². The molecular formula is C8H16O8P2. The molecule has 4 N–H and O–H groups in total. The molecule has 0 aromatic rings. The highest BCUT2D eigenvalue weighted by molar-refractivity contribution is 7.77. The maximum atomic E-state index is 11.3. The van der Waals surface area contributed by atoms with E-state index in [2.05, 4.69) is 4.74 Å². The first kappa shape index (κ1) is 17.5. The van der Waals surface area contributed by atoms with Crippen LogP contribution in [0.3, 0.4) is 0 Å². The maximum Gasteiger partial charge on any atom is 0.364 e. The zero-order chi connectivity index (χ0) is 14.8. The van der Waals surface area contributed by atoms with Crippen molar-refractivity contribution in [1.82, 2.24) is 0 Å². The Morgan fingerprint density at radius 2 is 1.50 bits per heavy atom. The summed E-state index contributed by atoms with van der Waals surface area (Å²) < 4.78 is 26.3. The van der Waals surface area contributed by atoms with Crippen molar-refractivity contribution in [2.45, 2.75) is 20.8 Å². The smallest absolute Gasteiger partial charge is 0.364 e. The molecule has 106 valence electrons. The topological polar surface area (TPSA) is 141 Å². The summed E-state index contributed by atoms with van der Waals surface area (Å²) in [5.41, 5.74) is -0.821. The van der Waals surface area contributed by atoms with Crippen LogP contribution < -0.4 is 0 Å². The number of hydrogen-bond donors (Lipinski definition) is 4. The van der Waals surface area contributed by atoms with E-state index in [1.54, 1.807) is 20.8 Å². The molecule has 0 amide bonds. The van der Waals surface area contributed by atoms with E-state index in [0.717, 1.165) is 0 Å². The van der Waals surface area contributed by atoms with E-state index in [1.807, 2.05) is 0 Å². The summed E-state index contributed by atoms with van der Waals surface area (Å²) in [5, 5.41) is -1.35. The van der Waals surface area contributed by atoms with E-state index < -0.39 is 38.2 Å². The van der Waals surface area contributed by atoms with Crippen molar-refractivity contribution >= 4 is 21.2 Å². The van der Waals surface area contributed by atoms with Crippen molar-refractivity contribution in [2.24, 2.45) is 5.41 Å². The molecular weight excluding hydrogens is 286 g/mol. The van der Waals surface area contributed by atoms with Gasteiger partial charge in [0.1, 0.15) is 6.61 Å². The van der Waals surface area contributed by atoms with Crippen molar-refractivity contribution in [1.29, 1.82) is 0 Å². The SMILES string of the molecule is CC(C)(C)C(=O)OCC=C(P(=O)(O)O)P(=O)(O)O. The van der Waals surface area contributed by atoms with Crippen LogP contribution in [-0.4, -0.2) is 32.1 Å². The molecule has 10 heteroatoms. The average Bonchev–Trinajstić information content (AvgIpc) is 2.05. The van der Waals surface area contributed by atoms with Gasteiger partial charge < -0.3 is 24.3 Å². The van der Waals surface area contributed by atoms with Gasteiger partial charge in [0, 0.05) is 0 Å². The molecule has 0 rings (SSSR count). The molecule has 0 aliphatic carbocycles. The number of hydrogen-bond acceptors (Lipinski definition) is 4. The standard InChI is InChI=1S/C8H16O8P2/c1-8(2,3)7(9)16-5-4-6(17(10,11)12)18(13,14)15/h4H,5H2,1-3H3,(H2,10,11,12)(H2,13,14,15). The first-order chi connectivity index (χ1) is 7.76. The van der Waals surface area contributed by atoms with Gasteiger partial charge in [0.25, 0.3) is 0 Å². The lowest BCUT2D eigenvalue weighted by Crippen LogP contribution is -2.23. The Bertz CT molecular complexity index is 411. The van der Waals surface area contributed by atoms with Gasteiger partial charge in [0.2, 0.25) is 0 Å². The molecule has 0 aliphatic rings. The number of esters is 1. The molecule has 0 aromatic carbocycles. The summed E-state index contributed by atoms with van der Waals surface area (Å²) in [4.78, 5) is 46.3. The van der Waals surface area contributed by atoms with E-state index in [4.69, 9.17) is 19.6 Å². The Balaban J connectivity index is 4.91. The van der Waals surface area contributed by atoms with E-state index in [-0.39, 0.29) is 0 Å². The summed E-state index contributed by atoms with van der Waals surface area (Å²) in [5.74, 6) is -0.658. The highest BCUT2D eigenvalue weighted by atomic mass is 31.2. The fourth-order valence-corrected chi connectivity index (χ4v) is 2.80. The molecule has 0 saturated carbocycles. The third-order valence-electron chi connectivity index (χ3n) is 1.69. The second-order valence-electron chi connectivity index (χ2n) is 4.50. The predicted molar refractivity (Wildman–Crippen MR) is 62.6 cm³/mol. The zero-order valence-electron chi connectivity index (χ0n) is 10.1. The summed E-state index contributed by atoms with van der Waals surface area (Å²) in [7, 11) is -10.2. The molecule has 0 saturated heterocycles. The van der Waals surface area contributed by atoms with Crippen LogP contribution >= 0.6 is 15.2 Å². The lowest BCUT2D eigenvalue weighted by atomic mass is 9.97.